The molecule has 0 spiro atoms. The quantitative estimate of drug-likeness (QED) is 0.0757. The lowest BCUT2D eigenvalue weighted by Gasteiger charge is -2.47. The molecule has 3 fully saturated rings. The van der Waals surface area contributed by atoms with Crippen LogP contribution in [0.4, 0.5) is 0 Å². The van der Waals surface area contributed by atoms with Crippen molar-refractivity contribution in [3.63, 3.8) is 0 Å². The molecule has 2 aromatic carbocycles. The Morgan fingerprint density at radius 1 is 0.593 bits per heavy atom. The number of carbonyl (C=O) groups is 1. The second-order valence-electron chi connectivity index (χ2n) is 13.6. The monoisotopic (exact) mass is 772 g/mol. The Kier molecular flexibility index (Phi) is 13.9. The minimum absolute atomic E-state index is 0.0281. The summed E-state index contributed by atoms with van der Waals surface area (Å²) < 4.78 is 40.6. The maximum absolute atomic E-state index is 13.4. The number of hydrogen-bond acceptors (Lipinski definition) is 19. The van der Waals surface area contributed by atoms with Gasteiger partial charge in [0.1, 0.15) is 54.9 Å². The number of aliphatic hydroxyl groups excluding tert-OH is 7. The van der Waals surface area contributed by atoms with Crippen LogP contribution in [0.2, 0.25) is 0 Å². The number of ether oxygens (including phenoxy) is 7. The summed E-state index contributed by atoms with van der Waals surface area (Å²) >= 11 is 0. The first-order chi connectivity index (χ1) is 25.5. The van der Waals surface area contributed by atoms with E-state index in [4.69, 9.17) is 33.2 Å². The van der Waals surface area contributed by atoms with E-state index >= 15 is 0 Å². The van der Waals surface area contributed by atoms with E-state index in [1.165, 1.54) is 50.2 Å². The fourth-order valence-corrected chi connectivity index (χ4v) is 6.28. The normalized spacial score (nSPS) is 37.2. The second-order valence-corrected chi connectivity index (χ2v) is 13.6. The number of carbonyl (C=O) groups excluding carboxylic acids is 1. The Hall–Kier alpha value is -3.41. The topological polar surface area (TPSA) is 304 Å². The van der Waals surface area contributed by atoms with E-state index in [9.17, 15) is 61.0 Å². The lowest BCUT2D eigenvalue weighted by atomic mass is 9.96. The van der Waals surface area contributed by atoms with Crippen molar-refractivity contribution in [1.82, 2.24) is 0 Å². The minimum Gasteiger partial charge on any atom is -0.504 e. The number of aliphatic hydroxyl groups is 7. The summed E-state index contributed by atoms with van der Waals surface area (Å²) in [5, 5.41) is 113. The molecule has 0 saturated carbocycles. The third-order valence-corrected chi connectivity index (χ3v) is 9.59. The van der Waals surface area contributed by atoms with Gasteiger partial charge in [0.15, 0.2) is 48.0 Å². The van der Waals surface area contributed by atoms with Gasteiger partial charge in [0.25, 0.3) is 0 Å². The van der Waals surface area contributed by atoms with E-state index in [-0.39, 0.29) is 43.1 Å². The van der Waals surface area contributed by atoms with Crippen molar-refractivity contribution in [2.45, 2.75) is 125 Å². The molecule has 11 N–H and O–H groups in total. The molecule has 3 aliphatic heterocycles. The molecule has 0 bridgehead atoms. The van der Waals surface area contributed by atoms with Crippen LogP contribution in [0.15, 0.2) is 36.4 Å². The summed E-state index contributed by atoms with van der Waals surface area (Å²) in [5.41, 5.74) is 0.999. The Morgan fingerprint density at radius 2 is 1.11 bits per heavy atom. The lowest BCUT2D eigenvalue weighted by Crippen LogP contribution is -2.65. The molecule has 3 heterocycles. The molecule has 0 aliphatic carbocycles. The van der Waals surface area contributed by atoms with E-state index in [0.717, 1.165) is 0 Å². The molecule has 15 atom stereocenters. The molecule has 0 radical (unpaired) electrons. The average molecular weight is 773 g/mol. The third-order valence-electron chi connectivity index (χ3n) is 9.59. The zero-order valence-electron chi connectivity index (χ0n) is 29.3. The molecule has 2 aromatic rings. The largest absolute Gasteiger partial charge is 0.504 e. The molecule has 54 heavy (non-hydrogen) atoms. The molecule has 0 amide bonds. The molecule has 0 aromatic heterocycles. The molecule has 15 unspecified atom stereocenters. The summed E-state index contributed by atoms with van der Waals surface area (Å²) in [6.45, 7) is 2.12. The fourth-order valence-electron chi connectivity index (χ4n) is 6.28. The third kappa shape index (κ3) is 9.69. The standard InChI is InChI=1S/C35H48O19/c1-14-24(41)26(43)28(45)33(50-14)49-13-22-31(53-23(40)8-5-16-3-6-18(36)20(38)11-16)32(54-35-29(46)27(44)25(42)15(2)51-35)30(47)34(52-22)48-10-9-17-4-7-19(37)21(39)12-17/h3-4,6-7,11-12,14-15,22,24-39,41-47H,5,8-10,13H2,1-2H3. The highest BCUT2D eigenvalue weighted by Gasteiger charge is 2.53. The Balaban J connectivity index is 1.40. The van der Waals surface area contributed by atoms with Gasteiger partial charge >= 0.3 is 5.97 Å². The molecule has 3 saturated heterocycles. The first-order valence-corrected chi connectivity index (χ1v) is 17.4. The van der Waals surface area contributed by atoms with Gasteiger partial charge in [-0.05, 0) is 62.1 Å². The van der Waals surface area contributed by atoms with E-state index in [1.54, 1.807) is 0 Å². The number of esters is 1. The highest BCUT2D eigenvalue weighted by Crippen LogP contribution is 2.33. The maximum atomic E-state index is 13.4. The van der Waals surface area contributed by atoms with Crippen LogP contribution in [-0.4, -0.2) is 167 Å². The number of benzene rings is 2. The summed E-state index contributed by atoms with van der Waals surface area (Å²) in [4.78, 5) is 13.4. The maximum Gasteiger partial charge on any atom is 0.306 e. The number of phenols is 4. The number of hydrogen-bond donors (Lipinski definition) is 11. The van der Waals surface area contributed by atoms with E-state index in [0.29, 0.717) is 11.1 Å². The predicted molar refractivity (Wildman–Crippen MR) is 178 cm³/mol. The molecule has 3 aliphatic rings. The minimum atomic E-state index is -1.85. The lowest BCUT2D eigenvalue weighted by molar-refractivity contribution is -0.363. The van der Waals surface area contributed by atoms with E-state index in [1.807, 2.05) is 0 Å². The fraction of sp³-hybridized carbons (Fsp3) is 0.629. The van der Waals surface area contributed by atoms with Crippen LogP contribution in [-0.2, 0) is 50.8 Å². The zero-order chi connectivity index (χ0) is 39.4. The van der Waals surface area contributed by atoms with Gasteiger partial charge in [0, 0.05) is 6.42 Å². The van der Waals surface area contributed by atoms with Crippen molar-refractivity contribution in [2.75, 3.05) is 13.2 Å². The average Bonchev–Trinajstić information content (AvgIpc) is 3.14. The van der Waals surface area contributed by atoms with Crippen molar-refractivity contribution in [2.24, 2.45) is 0 Å². The van der Waals surface area contributed by atoms with Crippen LogP contribution >= 0.6 is 0 Å². The highest BCUT2D eigenvalue weighted by molar-refractivity contribution is 5.70. The van der Waals surface area contributed by atoms with Gasteiger partial charge in [-0.2, -0.15) is 0 Å². The highest BCUT2D eigenvalue weighted by atomic mass is 16.8. The molecule has 302 valence electrons. The van der Waals surface area contributed by atoms with Gasteiger partial charge in [-0.25, -0.2) is 0 Å². The van der Waals surface area contributed by atoms with Crippen molar-refractivity contribution < 1.29 is 94.1 Å². The molecular weight excluding hydrogens is 724 g/mol. The van der Waals surface area contributed by atoms with Gasteiger partial charge < -0.3 is 89.3 Å². The SMILES string of the molecule is CC1OC(OCC2OC(OCCc3ccc(O)c(O)c3)C(O)C(OC3OC(C)C(O)C(O)C3O)C2OC(=O)CCc2ccc(O)c(O)c2)C(O)C(O)C1O. The molecular formula is C35H48O19. The second kappa shape index (κ2) is 18.0. The predicted octanol–water partition coefficient (Wildman–Crippen LogP) is -2.24. The van der Waals surface area contributed by atoms with Crippen LogP contribution in [0.3, 0.4) is 0 Å². The van der Waals surface area contributed by atoms with Gasteiger partial charge in [0.05, 0.1) is 25.4 Å². The first kappa shape index (κ1) is 41.7. The summed E-state index contributed by atoms with van der Waals surface area (Å²) in [7, 11) is 0. The van der Waals surface area contributed by atoms with Crippen molar-refractivity contribution in [3.05, 3.63) is 47.5 Å². The van der Waals surface area contributed by atoms with E-state index < -0.39 is 110 Å². The van der Waals surface area contributed by atoms with Gasteiger partial charge in [0.2, 0.25) is 0 Å². The Bertz CT molecular complexity index is 1540. The number of aryl methyl sites for hydroxylation is 1. The molecule has 5 rings (SSSR count). The summed E-state index contributed by atoms with van der Waals surface area (Å²) in [6.07, 6.45) is -23.3. The summed E-state index contributed by atoms with van der Waals surface area (Å²) in [5.74, 6) is -2.35. The van der Waals surface area contributed by atoms with Gasteiger partial charge in [-0.3, -0.25) is 4.79 Å². The number of rotatable bonds is 13. The number of aromatic hydroxyl groups is 4. The van der Waals surface area contributed by atoms with E-state index in [2.05, 4.69) is 0 Å². The van der Waals surface area contributed by atoms with Crippen LogP contribution < -0.4 is 0 Å². The Labute approximate surface area is 309 Å². The number of phenolic OH excluding ortho intramolecular Hbond substituents is 4. The first-order valence-electron chi connectivity index (χ1n) is 17.4. The van der Waals surface area contributed by atoms with Crippen molar-refractivity contribution in [3.8, 4) is 23.0 Å². The van der Waals surface area contributed by atoms with Gasteiger partial charge in [-0.15, -0.1) is 0 Å². The van der Waals surface area contributed by atoms with Crippen LogP contribution in [0.1, 0.15) is 31.4 Å². The Morgan fingerprint density at radius 3 is 1.69 bits per heavy atom. The van der Waals surface area contributed by atoms with Crippen LogP contribution in [0.5, 0.6) is 23.0 Å². The summed E-state index contributed by atoms with van der Waals surface area (Å²) in [6, 6.07) is 8.08. The smallest absolute Gasteiger partial charge is 0.306 e. The molecule has 19 heteroatoms. The van der Waals surface area contributed by atoms with Crippen molar-refractivity contribution in [1.29, 1.82) is 0 Å². The van der Waals surface area contributed by atoms with Crippen molar-refractivity contribution >= 4 is 5.97 Å². The van der Waals surface area contributed by atoms with Crippen LogP contribution in [0.25, 0.3) is 0 Å². The van der Waals surface area contributed by atoms with Gasteiger partial charge in [-0.1, -0.05) is 12.1 Å². The zero-order valence-corrected chi connectivity index (χ0v) is 29.3. The van der Waals surface area contributed by atoms with Crippen LogP contribution in [0, 0.1) is 0 Å². The molecule has 19 nitrogen and oxygen atoms in total.